The molecule has 2 N–H and O–H groups in total. The molecule has 136 valence electrons. The number of nitrogens with zero attached hydrogens (tertiary/aromatic N) is 1. The van der Waals surface area contributed by atoms with Gasteiger partial charge in [-0.05, 0) is 32.4 Å². The minimum atomic E-state index is -0.669. The second-order valence-corrected chi connectivity index (χ2v) is 6.71. The molecule has 1 aromatic carbocycles. The average Bonchev–Trinajstić information content (AvgIpc) is 2.92. The van der Waals surface area contributed by atoms with E-state index in [-0.39, 0.29) is 6.04 Å². The maximum absolute atomic E-state index is 12.1. The molecule has 1 fully saturated rings. The van der Waals surface area contributed by atoms with Gasteiger partial charge >= 0.3 is 11.8 Å². The molecule has 0 aliphatic carbocycles. The molecule has 3 rings (SSSR count). The summed E-state index contributed by atoms with van der Waals surface area (Å²) in [4.78, 5) is 26.6. The van der Waals surface area contributed by atoms with Crippen molar-refractivity contribution in [2.24, 2.45) is 0 Å². The highest BCUT2D eigenvalue weighted by Crippen LogP contribution is 2.32. The van der Waals surface area contributed by atoms with Crippen LogP contribution < -0.4 is 20.1 Å². The van der Waals surface area contributed by atoms with Gasteiger partial charge in [0, 0.05) is 43.3 Å². The van der Waals surface area contributed by atoms with Crippen molar-refractivity contribution in [3.8, 4) is 11.5 Å². The van der Waals surface area contributed by atoms with E-state index in [1.54, 1.807) is 18.2 Å². The highest BCUT2D eigenvalue weighted by molar-refractivity contribution is 6.39. The highest BCUT2D eigenvalue weighted by Gasteiger charge is 2.27. The largest absolute Gasteiger partial charge is 0.490 e. The number of nitrogens with one attached hydrogen (secondary N) is 2. The van der Waals surface area contributed by atoms with Crippen LogP contribution in [0.25, 0.3) is 0 Å². The van der Waals surface area contributed by atoms with Gasteiger partial charge in [0.1, 0.15) is 0 Å². The van der Waals surface area contributed by atoms with Crippen molar-refractivity contribution in [2.45, 2.75) is 38.8 Å². The van der Waals surface area contributed by atoms with E-state index < -0.39 is 11.8 Å². The minimum Gasteiger partial charge on any atom is -0.490 e. The van der Waals surface area contributed by atoms with Gasteiger partial charge in [-0.3, -0.25) is 14.5 Å². The molecular formula is C18H25N3O4. The van der Waals surface area contributed by atoms with Crippen LogP contribution in [0.1, 0.15) is 26.7 Å². The number of likely N-dealkylation sites (tertiary alicyclic amines) is 1. The number of ether oxygens (including phenoxy) is 2. The lowest BCUT2D eigenvalue weighted by molar-refractivity contribution is -0.136. The first-order valence-electron chi connectivity index (χ1n) is 8.78. The Kier molecular flexibility index (Phi) is 5.43. The lowest BCUT2D eigenvalue weighted by Crippen LogP contribution is -2.43. The molecule has 0 bridgehead atoms. The van der Waals surface area contributed by atoms with Gasteiger partial charge in [0.15, 0.2) is 11.5 Å². The first-order valence-corrected chi connectivity index (χ1v) is 8.78. The summed E-state index contributed by atoms with van der Waals surface area (Å²) in [6.45, 7) is 7.14. The third kappa shape index (κ3) is 4.42. The van der Waals surface area contributed by atoms with Crippen LogP contribution >= 0.6 is 0 Å². The minimum absolute atomic E-state index is 0.0180. The highest BCUT2D eigenvalue weighted by atomic mass is 16.5. The zero-order valence-electron chi connectivity index (χ0n) is 14.7. The Bertz CT molecular complexity index is 647. The van der Waals surface area contributed by atoms with Gasteiger partial charge in [0.05, 0.1) is 13.2 Å². The average molecular weight is 347 g/mol. The van der Waals surface area contributed by atoms with E-state index in [9.17, 15) is 9.59 Å². The Morgan fingerprint density at radius 3 is 2.64 bits per heavy atom. The van der Waals surface area contributed by atoms with Crippen LogP contribution in [0, 0.1) is 0 Å². The number of anilines is 1. The molecule has 2 heterocycles. The fraction of sp³-hybridized carbons (Fsp3) is 0.556. The first kappa shape index (κ1) is 17.5. The molecule has 1 saturated heterocycles. The van der Waals surface area contributed by atoms with E-state index in [1.165, 1.54) is 0 Å². The van der Waals surface area contributed by atoms with E-state index in [2.05, 4.69) is 29.4 Å². The summed E-state index contributed by atoms with van der Waals surface area (Å²) in [5.41, 5.74) is 0.514. The lowest BCUT2D eigenvalue weighted by atomic mass is 10.2. The van der Waals surface area contributed by atoms with Crippen molar-refractivity contribution in [3.05, 3.63) is 18.2 Å². The van der Waals surface area contributed by atoms with Crippen LogP contribution in [-0.2, 0) is 9.59 Å². The third-order valence-electron chi connectivity index (χ3n) is 4.50. The fourth-order valence-corrected chi connectivity index (χ4v) is 3.05. The molecule has 1 aromatic rings. The molecule has 1 atom stereocenters. The summed E-state index contributed by atoms with van der Waals surface area (Å²) in [5, 5.41) is 5.43. The third-order valence-corrected chi connectivity index (χ3v) is 4.50. The number of hydrogen-bond acceptors (Lipinski definition) is 5. The van der Waals surface area contributed by atoms with Crippen molar-refractivity contribution in [1.29, 1.82) is 0 Å². The zero-order valence-corrected chi connectivity index (χ0v) is 14.7. The number of fused-ring (bicyclic) bond motifs is 1. The molecule has 0 radical (unpaired) electrons. The van der Waals surface area contributed by atoms with Gasteiger partial charge in [-0.1, -0.05) is 0 Å². The molecule has 0 saturated carbocycles. The van der Waals surface area contributed by atoms with E-state index in [4.69, 9.17) is 9.47 Å². The van der Waals surface area contributed by atoms with Crippen molar-refractivity contribution in [1.82, 2.24) is 10.2 Å². The molecule has 7 heteroatoms. The fourth-order valence-electron chi connectivity index (χ4n) is 3.05. The summed E-state index contributed by atoms with van der Waals surface area (Å²) >= 11 is 0. The quantitative estimate of drug-likeness (QED) is 0.808. The van der Waals surface area contributed by atoms with E-state index in [0.29, 0.717) is 36.4 Å². The molecular weight excluding hydrogens is 322 g/mol. The Labute approximate surface area is 147 Å². The summed E-state index contributed by atoms with van der Waals surface area (Å²) < 4.78 is 11.1. The van der Waals surface area contributed by atoms with Gasteiger partial charge in [0.2, 0.25) is 0 Å². The molecule has 0 spiro atoms. The number of rotatable bonds is 3. The summed E-state index contributed by atoms with van der Waals surface area (Å²) in [7, 11) is 0. The second-order valence-electron chi connectivity index (χ2n) is 6.71. The SMILES string of the molecule is CC(C)N1CCC(NC(=O)C(=O)Nc2ccc3c(c2)OCCCO3)C1. The van der Waals surface area contributed by atoms with E-state index >= 15 is 0 Å². The number of amides is 2. The molecule has 1 unspecified atom stereocenters. The van der Waals surface area contributed by atoms with Crippen LogP contribution in [0.3, 0.4) is 0 Å². The molecule has 2 amide bonds. The van der Waals surface area contributed by atoms with Crippen molar-refractivity contribution < 1.29 is 19.1 Å². The Morgan fingerprint density at radius 2 is 1.92 bits per heavy atom. The predicted octanol–water partition coefficient (Wildman–Crippen LogP) is 1.39. The van der Waals surface area contributed by atoms with Gasteiger partial charge < -0.3 is 20.1 Å². The Hall–Kier alpha value is -2.28. The predicted molar refractivity (Wildman–Crippen MR) is 93.9 cm³/mol. The molecule has 2 aliphatic heterocycles. The Morgan fingerprint density at radius 1 is 1.16 bits per heavy atom. The van der Waals surface area contributed by atoms with Crippen molar-refractivity contribution in [3.63, 3.8) is 0 Å². The summed E-state index contributed by atoms with van der Waals surface area (Å²) in [6, 6.07) is 5.59. The Balaban J connectivity index is 1.55. The number of benzene rings is 1. The monoisotopic (exact) mass is 347 g/mol. The number of carbonyl (C=O) groups excluding carboxylic acids is 2. The second kappa shape index (κ2) is 7.74. The maximum Gasteiger partial charge on any atom is 0.313 e. The zero-order chi connectivity index (χ0) is 17.8. The molecule has 0 aromatic heterocycles. The molecule has 25 heavy (non-hydrogen) atoms. The molecule has 2 aliphatic rings. The topological polar surface area (TPSA) is 79.9 Å². The van der Waals surface area contributed by atoms with E-state index in [0.717, 1.165) is 25.9 Å². The van der Waals surface area contributed by atoms with Crippen LogP contribution in [0.4, 0.5) is 5.69 Å². The van der Waals surface area contributed by atoms with Gasteiger partial charge in [-0.2, -0.15) is 0 Å². The summed E-state index contributed by atoms with van der Waals surface area (Å²) in [5.74, 6) is -0.0426. The normalized spacial score (nSPS) is 20.2. The van der Waals surface area contributed by atoms with Crippen LogP contribution in [0.15, 0.2) is 18.2 Å². The number of hydrogen-bond donors (Lipinski definition) is 2. The van der Waals surface area contributed by atoms with Crippen molar-refractivity contribution in [2.75, 3.05) is 31.6 Å². The summed E-state index contributed by atoms with van der Waals surface area (Å²) in [6.07, 6.45) is 1.68. The maximum atomic E-state index is 12.1. The number of carbonyl (C=O) groups is 2. The van der Waals surface area contributed by atoms with Gasteiger partial charge in [-0.15, -0.1) is 0 Å². The molecule has 7 nitrogen and oxygen atoms in total. The van der Waals surface area contributed by atoms with Crippen LogP contribution in [0.2, 0.25) is 0 Å². The van der Waals surface area contributed by atoms with Crippen LogP contribution in [0.5, 0.6) is 11.5 Å². The van der Waals surface area contributed by atoms with Gasteiger partial charge in [-0.25, -0.2) is 0 Å². The van der Waals surface area contributed by atoms with Crippen molar-refractivity contribution >= 4 is 17.5 Å². The van der Waals surface area contributed by atoms with Crippen LogP contribution in [-0.4, -0.2) is 55.1 Å². The standard InChI is InChI=1S/C18H25N3O4/c1-12(2)21-7-6-14(11-21)20-18(23)17(22)19-13-4-5-15-16(10-13)25-9-3-8-24-15/h4-5,10,12,14H,3,6-9,11H2,1-2H3,(H,19,22)(H,20,23). The van der Waals surface area contributed by atoms with E-state index in [1.807, 2.05) is 0 Å². The lowest BCUT2D eigenvalue weighted by Gasteiger charge is -2.20. The first-order chi connectivity index (χ1) is 12.0. The smallest absolute Gasteiger partial charge is 0.313 e. The van der Waals surface area contributed by atoms with Gasteiger partial charge in [0.25, 0.3) is 0 Å².